The highest BCUT2D eigenvalue weighted by Crippen LogP contribution is 2.60. The minimum atomic E-state index is -0.698. The third kappa shape index (κ3) is 1.81. The van der Waals surface area contributed by atoms with E-state index in [1.807, 2.05) is 6.92 Å². The highest BCUT2D eigenvalue weighted by molar-refractivity contribution is 5.08. The zero-order valence-corrected chi connectivity index (χ0v) is 13.3. The van der Waals surface area contributed by atoms with Gasteiger partial charge in [0.25, 0.3) is 0 Å². The summed E-state index contributed by atoms with van der Waals surface area (Å²) >= 11 is 0. The molecule has 4 aliphatic heterocycles. The first-order valence-electron chi connectivity index (χ1n) is 8.23. The standard InChI is InChI=1S/C16H26O5/c1-9-5-6-12-10(2)13(17-4)18-14-16(12)11(9)7-8-15(3,19-14)20-21-16/h9-14H,5-8H2,1-4H3/t9-,10-,11+,12+,13+,14-,15?,16-/m1/s1. The summed E-state index contributed by atoms with van der Waals surface area (Å²) in [5.74, 6) is 0.953. The first kappa shape index (κ1) is 14.4. The summed E-state index contributed by atoms with van der Waals surface area (Å²) in [5.41, 5.74) is -0.470. The van der Waals surface area contributed by atoms with Gasteiger partial charge in [0, 0.05) is 25.4 Å². The molecule has 5 heteroatoms. The van der Waals surface area contributed by atoms with E-state index >= 15 is 0 Å². The van der Waals surface area contributed by atoms with Gasteiger partial charge in [-0.1, -0.05) is 13.8 Å². The predicted molar refractivity (Wildman–Crippen MR) is 73.8 cm³/mol. The minimum absolute atomic E-state index is 0.230. The Bertz CT molecular complexity index is 429. The van der Waals surface area contributed by atoms with Gasteiger partial charge in [-0.2, -0.15) is 0 Å². The van der Waals surface area contributed by atoms with Gasteiger partial charge in [0.15, 0.2) is 18.2 Å². The third-order valence-corrected chi connectivity index (χ3v) is 6.33. The fourth-order valence-electron chi connectivity index (χ4n) is 5.14. The molecule has 1 unspecified atom stereocenters. The van der Waals surface area contributed by atoms with E-state index in [9.17, 15) is 0 Å². The molecule has 0 amide bonds. The van der Waals surface area contributed by atoms with E-state index in [1.165, 1.54) is 6.42 Å². The van der Waals surface area contributed by atoms with Crippen LogP contribution < -0.4 is 0 Å². The fourth-order valence-corrected chi connectivity index (χ4v) is 5.14. The topological polar surface area (TPSA) is 46.2 Å². The molecule has 0 aromatic rings. The van der Waals surface area contributed by atoms with Crippen molar-refractivity contribution in [3.05, 3.63) is 0 Å². The zero-order chi connectivity index (χ0) is 14.8. The Balaban J connectivity index is 1.79. The number of methoxy groups -OCH3 is 1. The van der Waals surface area contributed by atoms with Crippen LogP contribution in [0.4, 0.5) is 0 Å². The van der Waals surface area contributed by atoms with E-state index in [0.717, 1.165) is 19.3 Å². The molecule has 0 aromatic carbocycles. The van der Waals surface area contributed by atoms with Gasteiger partial charge in [-0.15, -0.1) is 0 Å². The SMILES string of the molecule is CO[C@H]1O[C@@H]2OC3(C)CC[C@H]4[C@H](C)CC[C@@H]([C@H]1C)[C@@]24OO3. The summed E-state index contributed by atoms with van der Waals surface area (Å²) < 4.78 is 17.9. The average Bonchev–Trinajstić information content (AvgIpc) is 2.69. The Hall–Kier alpha value is -0.200. The van der Waals surface area contributed by atoms with Gasteiger partial charge in [0.1, 0.15) is 0 Å². The van der Waals surface area contributed by atoms with Crippen LogP contribution in [0.3, 0.4) is 0 Å². The Morgan fingerprint density at radius 2 is 1.86 bits per heavy atom. The van der Waals surface area contributed by atoms with Gasteiger partial charge in [0.2, 0.25) is 5.79 Å². The number of fused-ring (bicyclic) bond motifs is 2. The van der Waals surface area contributed by atoms with Gasteiger partial charge in [0.05, 0.1) is 0 Å². The highest BCUT2D eigenvalue weighted by atomic mass is 17.3. The minimum Gasteiger partial charge on any atom is -0.355 e. The van der Waals surface area contributed by atoms with Crippen molar-refractivity contribution in [1.82, 2.24) is 0 Å². The number of rotatable bonds is 1. The summed E-state index contributed by atoms with van der Waals surface area (Å²) in [6.07, 6.45) is 3.64. The molecular weight excluding hydrogens is 272 g/mol. The van der Waals surface area contributed by atoms with Gasteiger partial charge in [-0.05, 0) is 38.0 Å². The molecule has 1 saturated carbocycles. The second-order valence-corrected chi connectivity index (χ2v) is 7.51. The van der Waals surface area contributed by atoms with E-state index in [2.05, 4.69) is 13.8 Å². The van der Waals surface area contributed by atoms with Crippen LogP contribution in [0, 0.1) is 23.7 Å². The van der Waals surface area contributed by atoms with E-state index in [-0.39, 0.29) is 12.2 Å². The van der Waals surface area contributed by atoms with Crippen LogP contribution in [0.5, 0.6) is 0 Å². The Kier molecular flexibility index (Phi) is 3.19. The lowest BCUT2D eigenvalue weighted by atomic mass is 9.58. The predicted octanol–water partition coefficient (Wildman–Crippen LogP) is 2.84. The molecule has 5 aliphatic rings. The van der Waals surface area contributed by atoms with Crippen molar-refractivity contribution < 1.29 is 24.0 Å². The molecule has 0 aromatic heterocycles. The van der Waals surface area contributed by atoms with Crippen LogP contribution in [0.25, 0.3) is 0 Å². The molecular formula is C16H26O5. The molecule has 2 bridgehead atoms. The molecule has 5 rings (SSSR count). The first-order valence-corrected chi connectivity index (χ1v) is 8.23. The smallest absolute Gasteiger partial charge is 0.201 e. The molecule has 21 heavy (non-hydrogen) atoms. The van der Waals surface area contributed by atoms with E-state index in [1.54, 1.807) is 7.11 Å². The van der Waals surface area contributed by atoms with Crippen LogP contribution in [0.15, 0.2) is 0 Å². The van der Waals surface area contributed by atoms with Crippen LogP contribution in [-0.2, 0) is 24.0 Å². The molecule has 1 spiro atoms. The normalized spacial score (nSPS) is 59.4. The Morgan fingerprint density at radius 1 is 1.05 bits per heavy atom. The fraction of sp³-hybridized carbons (Fsp3) is 1.00. The van der Waals surface area contributed by atoms with Gasteiger partial charge in [-0.25, -0.2) is 9.78 Å². The van der Waals surface area contributed by atoms with Crippen LogP contribution in [0.1, 0.15) is 46.5 Å². The van der Waals surface area contributed by atoms with Crippen molar-refractivity contribution in [3.8, 4) is 0 Å². The molecule has 0 radical (unpaired) electrons. The van der Waals surface area contributed by atoms with Crippen molar-refractivity contribution in [1.29, 1.82) is 0 Å². The molecule has 1 aliphatic carbocycles. The van der Waals surface area contributed by atoms with Gasteiger partial charge >= 0.3 is 0 Å². The van der Waals surface area contributed by atoms with Crippen molar-refractivity contribution in [2.24, 2.45) is 23.7 Å². The summed E-state index contributed by atoms with van der Waals surface area (Å²) in [4.78, 5) is 11.8. The van der Waals surface area contributed by atoms with E-state index < -0.39 is 17.7 Å². The molecule has 120 valence electrons. The molecule has 5 nitrogen and oxygen atoms in total. The molecule has 4 saturated heterocycles. The molecule has 5 fully saturated rings. The van der Waals surface area contributed by atoms with Crippen molar-refractivity contribution in [2.75, 3.05) is 7.11 Å². The average molecular weight is 298 g/mol. The summed E-state index contributed by atoms with van der Waals surface area (Å²) in [7, 11) is 1.70. The van der Waals surface area contributed by atoms with Crippen molar-refractivity contribution in [3.63, 3.8) is 0 Å². The molecule has 4 heterocycles. The third-order valence-electron chi connectivity index (χ3n) is 6.33. The maximum atomic E-state index is 6.21. The zero-order valence-electron chi connectivity index (χ0n) is 13.3. The second kappa shape index (κ2) is 4.65. The second-order valence-electron chi connectivity index (χ2n) is 7.51. The van der Waals surface area contributed by atoms with Crippen LogP contribution in [-0.4, -0.2) is 31.1 Å². The van der Waals surface area contributed by atoms with Crippen molar-refractivity contribution >= 4 is 0 Å². The lowest BCUT2D eigenvalue weighted by molar-refractivity contribution is -0.577. The van der Waals surface area contributed by atoms with Gasteiger partial charge in [-0.3, -0.25) is 0 Å². The van der Waals surface area contributed by atoms with E-state index in [4.69, 9.17) is 24.0 Å². The Morgan fingerprint density at radius 3 is 2.62 bits per heavy atom. The highest BCUT2D eigenvalue weighted by Gasteiger charge is 2.69. The van der Waals surface area contributed by atoms with Crippen LogP contribution >= 0.6 is 0 Å². The monoisotopic (exact) mass is 298 g/mol. The molecule has 0 N–H and O–H groups in total. The summed E-state index contributed by atoms with van der Waals surface area (Å²) in [6, 6.07) is 0. The van der Waals surface area contributed by atoms with Crippen LogP contribution in [0.2, 0.25) is 0 Å². The lowest BCUT2D eigenvalue weighted by Gasteiger charge is -2.60. The summed E-state index contributed by atoms with van der Waals surface area (Å²) in [5, 5.41) is 0. The lowest BCUT2D eigenvalue weighted by Crippen LogP contribution is -2.70. The largest absolute Gasteiger partial charge is 0.355 e. The number of hydrogen-bond donors (Lipinski definition) is 0. The maximum absolute atomic E-state index is 6.21. The molecule has 8 atom stereocenters. The van der Waals surface area contributed by atoms with E-state index in [0.29, 0.717) is 17.8 Å². The van der Waals surface area contributed by atoms with Crippen molar-refractivity contribution in [2.45, 2.75) is 70.4 Å². The summed E-state index contributed by atoms with van der Waals surface area (Å²) in [6.45, 7) is 6.46. The number of hydrogen-bond acceptors (Lipinski definition) is 5. The first-order chi connectivity index (χ1) is 10.00. The number of ether oxygens (including phenoxy) is 3. The quantitative estimate of drug-likeness (QED) is 0.697. The van der Waals surface area contributed by atoms with Gasteiger partial charge < -0.3 is 14.2 Å². The Labute approximate surface area is 126 Å². The maximum Gasteiger partial charge on any atom is 0.201 e.